The van der Waals surface area contributed by atoms with E-state index < -0.39 is 10.0 Å². The summed E-state index contributed by atoms with van der Waals surface area (Å²) in [5.74, 6) is 0. The minimum absolute atomic E-state index is 0.254. The van der Waals surface area contributed by atoms with Crippen LogP contribution in [-0.4, -0.2) is 21.0 Å². The summed E-state index contributed by atoms with van der Waals surface area (Å²) in [6, 6.07) is 19.1. The van der Waals surface area contributed by atoms with Crippen molar-refractivity contribution in [1.29, 1.82) is 0 Å². The van der Waals surface area contributed by atoms with Crippen molar-refractivity contribution < 1.29 is 13.2 Å². The predicted molar refractivity (Wildman–Crippen MR) is 120 cm³/mol. The molecular formula is C23H23N3O3S. The molecule has 4 rings (SSSR count). The molecule has 154 valence electrons. The van der Waals surface area contributed by atoms with Crippen molar-refractivity contribution in [3.8, 4) is 0 Å². The number of urea groups is 1. The van der Waals surface area contributed by atoms with Crippen LogP contribution in [0.15, 0.2) is 71.6 Å². The third-order valence-corrected chi connectivity index (χ3v) is 7.21. The summed E-state index contributed by atoms with van der Waals surface area (Å²) >= 11 is 0. The predicted octanol–water partition coefficient (Wildman–Crippen LogP) is 4.70. The number of anilines is 3. The monoisotopic (exact) mass is 421 g/mol. The number of fused-ring (bicyclic) bond motifs is 1. The molecule has 2 amide bonds. The molecule has 1 aliphatic heterocycles. The van der Waals surface area contributed by atoms with E-state index in [1.54, 1.807) is 42.5 Å². The van der Waals surface area contributed by atoms with Crippen LogP contribution in [0.1, 0.15) is 16.7 Å². The zero-order valence-electron chi connectivity index (χ0n) is 16.8. The van der Waals surface area contributed by atoms with Crippen LogP contribution >= 0.6 is 0 Å². The maximum absolute atomic E-state index is 13.1. The zero-order valence-corrected chi connectivity index (χ0v) is 17.7. The lowest BCUT2D eigenvalue weighted by Crippen LogP contribution is -2.29. The van der Waals surface area contributed by atoms with Crippen LogP contribution in [0.4, 0.5) is 21.9 Å². The first-order chi connectivity index (χ1) is 14.4. The van der Waals surface area contributed by atoms with Gasteiger partial charge >= 0.3 is 6.03 Å². The highest BCUT2D eigenvalue weighted by Crippen LogP contribution is 2.35. The summed E-state index contributed by atoms with van der Waals surface area (Å²) in [5, 5.41) is 5.66. The van der Waals surface area contributed by atoms with Gasteiger partial charge in [0.2, 0.25) is 0 Å². The quantitative estimate of drug-likeness (QED) is 0.641. The summed E-state index contributed by atoms with van der Waals surface area (Å²) in [7, 11) is -3.65. The lowest BCUT2D eigenvalue weighted by atomic mass is 10.1. The van der Waals surface area contributed by atoms with Crippen LogP contribution in [0.3, 0.4) is 0 Å². The average Bonchev–Trinajstić information content (AvgIpc) is 3.16. The maximum Gasteiger partial charge on any atom is 0.323 e. The van der Waals surface area contributed by atoms with Gasteiger partial charge in [-0.3, -0.25) is 4.31 Å². The van der Waals surface area contributed by atoms with Gasteiger partial charge in [0.25, 0.3) is 10.0 Å². The van der Waals surface area contributed by atoms with Gasteiger partial charge in [0.1, 0.15) is 0 Å². The Morgan fingerprint density at radius 1 is 0.933 bits per heavy atom. The van der Waals surface area contributed by atoms with Crippen LogP contribution in [0.2, 0.25) is 0 Å². The summed E-state index contributed by atoms with van der Waals surface area (Å²) < 4.78 is 27.5. The van der Waals surface area contributed by atoms with Gasteiger partial charge in [-0.25, -0.2) is 13.2 Å². The molecule has 0 saturated carbocycles. The maximum atomic E-state index is 13.1. The van der Waals surface area contributed by atoms with Crippen LogP contribution in [0.25, 0.3) is 0 Å². The Labute approximate surface area is 176 Å². The van der Waals surface area contributed by atoms with Gasteiger partial charge in [-0.15, -0.1) is 0 Å². The van der Waals surface area contributed by atoms with Gasteiger partial charge in [0, 0.05) is 17.9 Å². The Kier molecular flexibility index (Phi) is 5.22. The van der Waals surface area contributed by atoms with Crippen molar-refractivity contribution in [1.82, 2.24) is 0 Å². The Morgan fingerprint density at radius 3 is 2.47 bits per heavy atom. The number of carbonyl (C=O) groups excluding carboxylic acids is 1. The first-order valence-corrected chi connectivity index (χ1v) is 11.2. The summed E-state index contributed by atoms with van der Waals surface area (Å²) in [6.07, 6.45) is 0.635. The van der Waals surface area contributed by atoms with Gasteiger partial charge in [0.05, 0.1) is 10.6 Å². The molecule has 0 spiro atoms. The number of hydrogen-bond acceptors (Lipinski definition) is 3. The highest BCUT2D eigenvalue weighted by Gasteiger charge is 2.31. The first kappa shape index (κ1) is 20.0. The van der Waals surface area contributed by atoms with Gasteiger partial charge in [-0.1, -0.05) is 36.4 Å². The highest BCUT2D eigenvalue weighted by molar-refractivity contribution is 7.92. The molecule has 2 N–H and O–H groups in total. The number of amides is 2. The van der Waals surface area contributed by atoms with Crippen molar-refractivity contribution in [3.05, 3.63) is 83.4 Å². The first-order valence-electron chi connectivity index (χ1n) is 9.71. The highest BCUT2D eigenvalue weighted by atomic mass is 32.2. The van der Waals surface area contributed by atoms with Crippen LogP contribution in [0.5, 0.6) is 0 Å². The number of rotatable bonds is 4. The van der Waals surface area contributed by atoms with Crippen molar-refractivity contribution in [2.45, 2.75) is 25.2 Å². The fourth-order valence-electron chi connectivity index (χ4n) is 3.57. The summed E-state index contributed by atoms with van der Waals surface area (Å²) in [5.41, 5.74) is 4.90. The molecule has 3 aromatic rings. The van der Waals surface area contributed by atoms with E-state index in [0.717, 1.165) is 22.4 Å². The SMILES string of the molecule is Cc1cccc(NC(=O)Nc2ccc3c(c2)N(S(=O)(=O)c2ccccc2)CC3)c1C. The van der Waals surface area contributed by atoms with E-state index in [-0.39, 0.29) is 10.9 Å². The van der Waals surface area contributed by atoms with Gasteiger partial charge in [-0.05, 0) is 67.3 Å². The van der Waals surface area contributed by atoms with E-state index in [1.807, 2.05) is 38.1 Å². The standard InChI is InChI=1S/C23H23N3O3S/c1-16-7-6-10-21(17(16)2)25-23(27)24-19-12-11-18-13-14-26(22(18)15-19)30(28,29)20-8-4-3-5-9-20/h3-12,15H,13-14H2,1-2H3,(H2,24,25,27). The lowest BCUT2D eigenvalue weighted by molar-refractivity contribution is 0.262. The Hall–Kier alpha value is -3.32. The minimum atomic E-state index is -3.65. The Balaban J connectivity index is 1.56. The van der Waals surface area contributed by atoms with Crippen LogP contribution in [0, 0.1) is 13.8 Å². The molecule has 7 heteroatoms. The smallest absolute Gasteiger partial charge is 0.308 e. The number of hydrogen-bond donors (Lipinski definition) is 2. The molecule has 1 aliphatic rings. The van der Waals surface area contributed by atoms with E-state index in [2.05, 4.69) is 10.6 Å². The lowest BCUT2D eigenvalue weighted by Gasteiger charge is -2.20. The van der Waals surface area contributed by atoms with E-state index in [4.69, 9.17) is 0 Å². The molecule has 0 aromatic heterocycles. The molecule has 0 aliphatic carbocycles. The van der Waals surface area contributed by atoms with Crippen molar-refractivity contribution in [2.24, 2.45) is 0 Å². The van der Waals surface area contributed by atoms with Crippen LogP contribution < -0.4 is 14.9 Å². The second kappa shape index (κ2) is 7.84. The van der Waals surface area contributed by atoms with Gasteiger partial charge in [0.15, 0.2) is 0 Å². The largest absolute Gasteiger partial charge is 0.323 e. The number of nitrogens with zero attached hydrogens (tertiary/aromatic N) is 1. The number of nitrogens with one attached hydrogen (secondary N) is 2. The Morgan fingerprint density at radius 2 is 1.70 bits per heavy atom. The average molecular weight is 422 g/mol. The fourth-order valence-corrected chi connectivity index (χ4v) is 5.08. The third kappa shape index (κ3) is 3.76. The molecule has 6 nitrogen and oxygen atoms in total. The third-order valence-electron chi connectivity index (χ3n) is 5.38. The van der Waals surface area contributed by atoms with Crippen molar-refractivity contribution in [2.75, 3.05) is 21.5 Å². The minimum Gasteiger partial charge on any atom is -0.308 e. The number of carbonyl (C=O) groups is 1. The summed E-state index contributed by atoms with van der Waals surface area (Å²) in [4.78, 5) is 12.7. The van der Waals surface area contributed by atoms with Crippen molar-refractivity contribution >= 4 is 33.1 Å². The number of benzene rings is 3. The normalized spacial score (nSPS) is 13.1. The Bertz CT molecular complexity index is 1210. The molecule has 30 heavy (non-hydrogen) atoms. The van der Waals surface area contributed by atoms with E-state index >= 15 is 0 Å². The second-order valence-corrected chi connectivity index (χ2v) is 9.17. The molecule has 0 radical (unpaired) electrons. The number of sulfonamides is 1. The van der Waals surface area contributed by atoms with E-state index in [0.29, 0.717) is 24.3 Å². The zero-order chi connectivity index (χ0) is 21.3. The van der Waals surface area contributed by atoms with Crippen molar-refractivity contribution in [3.63, 3.8) is 0 Å². The van der Waals surface area contributed by atoms with E-state index in [9.17, 15) is 13.2 Å². The van der Waals surface area contributed by atoms with Gasteiger partial charge < -0.3 is 10.6 Å². The molecule has 3 aromatic carbocycles. The topological polar surface area (TPSA) is 78.5 Å². The van der Waals surface area contributed by atoms with Gasteiger partial charge in [-0.2, -0.15) is 0 Å². The fraction of sp³-hybridized carbons (Fsp3) is 0.174. The second-order valence-electron chi connectivity index (χ2n) is 7.31. The molecule has 1 heterocycles. The number of aryl methyl sites for hydroxylation is 1. The molecule has 0 saturated heterocycles. The van der Waals surface area contributed by atoms with Crippen LogP contribution in [-0.2, 0) is 16.4 Å². The summed E-state index contributed by atoms with van der Waals surface area (Å²) in [6.45, 7) is 4.32. The molecule has 0 atom stereocenters. The molecule has 0 bridgehead atoms. The molecule has 0 fully saturated rings. The molecular weight excluding hydrogens is 398 g/mol. The van der Waals surface area contributed by atoms with E-state index in [1.165, 1.54) is 4.31 Å². The molecule has 0 unspecified atom stereocenters.